The van der Waals surface area contributed by atoms with Gasteiger partial charge < -0.3 is 9.64 Å². The monoisotopic (exact) mass is 459 g/mol. The van der Waals surface area contributed by atoms with E-state index < -0.39 is 16.0 Å². The maximum atomic E-state index is 12.5. The minimum Gasteiger partial charge on any atom is -0.462 e. The van der Waals surface area contributed by atoms with Gasteiger partial charge >= 0.3 is 5.97 Å². The minimum atomic E-state index is -3.58. The highest BCUT2D eigenvalue weighted by molar-refractivity contribution is 7.89. The lowest BCUT2D eigenvalue weighted by Gasteiger charge is -2.36. The number of carbonyl (C=O) groups excluding carboxylic acids is 1. The summed E-state index contributed by atoms with van der Waals surface area (Å²) in [6, 6.07) is 14.4. The number of carbonyl (C=O) groups is 1. The molecule has 7 nitrogen and oxygen atoms in total. The summed E-state index contributed by atoms with van der Waals surface area (Å²) in [5.74, 6) is -0.455. The maximum absolute atomic E-state index is 12.5. The van der Waals surface area contributed by atoms with Gasteiger partial charge in [0.2, 0.25) is 10.0 Å². The van der Waals surface area contributed by atoms with Crippen molar-refractivity contribution in [2.45, 2.75) is 31.6 Å². The number of hydrogen-bond donors (Lipinski definition) is 1. The van der Waals surface area contributed by atoms with Gasteiger partial charge in [0.15, 0.2) is 0 Å². The summed E-state index contributed by atoms with van der Waals surface area (Å²) in [4.78, 5) is 16.7. The smallest absolute Gasteiger partial charge is 0.338 e. The van der Waals surface area contributed by atoms with Crippen molar-refractivity contribution in [2.24, 2.45) is 0 Å². The fraction of sp³-hybridized carbons (Fsp3) is 0.458. The number of rotatable bonds is 10. The number of unbranched alkanes of at least 4 members (excludes halogenated alkanes) is 1. The molecule has 32 heavy (non-hydrogen) atoms. The summed E-state index contributed by atoms with van der Waals surface area (Å²) in [7, 11) is -3.58. The predicted molar refractivity (Wildman–Crippen MR) is 127 cm³/mol. The molecular formula is C24H33N3O4S. The first kappa shape index (κ1) is 24.2. The van der Waals surface area contributed by atoms with E-state index >= 15 is 0 Å². The van der Waals surface area contributed by atoms with Gasteiger partial charge in [-0.2, -0.15) is 0 Å². The average molecular weight is 460 g/mol. The van der Waals surface area contributed by atoms with E-state index in [2.05, 4.69) is 45.7 Å². The van der Waals surface area contributed by atoms with Crippen molar-refractivity contribution in [3.63, 3.8) is 0 Å². The van der Waals surface area contributed by atoms with Gasteiger partial charge in [-0.15, -0.1) is 0 Å². The number of nitrogens with zero attached hydrogens (tertiary/aromatic N) is 2. The number of aryl methyl sites for hydroxylation is 1. The van der Waals surface area contributed by atoms with E-state index in [1.54, 1.807) is 6.92 Å². The highest BCUT2D eigenvalue weighted by Gasteiger charge is 2.18. The van der Waals surface area contributed by atoms with Gasteiger partial charge in [-0.1, -0.05) is 12.1 Å². The van der Waals surface area contributed by atoms with Gasteiger partial charge in [-0.25, -0.2) is 17.9 Å². The number of sulfonamides is 1. The molecule has 0 spiro atoms. The van der Waals surface area contributed by atoms with E-state index in [0.717, 1.165) is 45.6 Å². The second-order valence-electron chi connectivity index (χ2n) is 8.02. The van der Waals surface area contributed by atoms with E-state index in [1.807, 2.05) is 0 Å². The van der Waals surface area contributed by atoms with Crippen molar-refractivity contribution in [1.29, 1.82) is 0 Å². The topological polar surface area (TPSA) is 78.9 Å². The minimum absolute atomic E-state index is 0.151. The van der Waals surface area contributed by atoms with Crippen LogP contribution in [0.3, 0.4) is 0 Å². The Bertz CT molecular complexity index is 985. The van der Waals surface area contributed by atoms with Crippen LogP contribution in [0.15, 0.2) is 53.4 Å². The molecule has 0 unspecified atom stereocenters. The van der Waals surface area contributed by atoms with E-state index in [0.29, 0.717) is 12.1 Å². The van der Waals surface area contributed by atoms with Gasteiger partial charge in [-0.3, -0.25) is 4.90 Å². The Hall–Kier alpha value is -2.42. The van der Waals surface area contributed by atoms with Crippen LogP contribution in [0.25, 0.3) is 0 Å². The Labute approximate surface area is 191 Å². The van der Waals surface area contributed by atoms with E-state index in [4.69, 9.17) is 4.74 Å². The Kier molecular flexibility index (Phi) is 8.67. The van der Waals surface area contributed by atoms with Crippen LogP contribution in [-0.2, 0) is 14.8 Å². The molecular weight excluding hydrogens is 426 g/mol. The molecule has 1 saturated heterocycles. The lowest BCUT2D eigenvalue weighted by atomic mass is 10.2. The molecule has 0 radical (unpaired) electrons. The summed E-state index contributed by atoms with van der Waals surface area (Å²) >= 11 is 0. The van der Waals surface area contributed by atoms with Crippen molar-refractivity contribution < 1.29 is 17.9 Å². The maximum Gasteiger partial charge on any atom is 0.338 e. The predicted octanol–water partition coefficient (Wildman–Crippen LogP) is 3.05. The molecule has 1 aliphatic heterocycles. The molecule has 0 atom stereocenters. The van der Waals surface area contributed by atoms with Crippen LogP contribution in [0, 0.1) is 6.92 Å². The third kappa shape index (κ3) is 6.79. The fourth-order valence-electron chi connectivity index (χ4n) is 3.79. The van der Waals surface area contributed by atoms with E-state index in [9.17, 15) is 13.2 Å². The first-order chi connectivity index (χ1) is 15.4. The standard InChI is InChI=1S/C24H33N3O4S/c1-3-31-24(28)21-9-11-23(12-10-21)32(29,30)25-13-4-5-14-26-15-17-27(18-16-26)22-8-6-7-20(2)19-22/h6-12,19,25H,3-5,13-18H2,1-2H3. The summed E-state index contributed by atoms with van der Waals surface area (Å²) in [5.41, 5.74) is 2.91. The van der Waals surface area contributed by atoms with Crippen molar-refractivity contribution in [1.82, 2.24) is 9.62 Å². The van der Waals surface area contributed by atoms with Crippen LogP contribution in [-0.4, -0.2) is 65.2 Å². The molecule has 8 heteroatoms. The Morgan fingerprint density at radius 3 is 2.41 bits per heavy atom. The fourth-order valence-corrected chi connectivity index (χ4v) is 4.86. The largest absolute Gasteiger partial charge is 0.462 e. The summed E-state index contributed by atoms with van der Waals surface area (Å²) in [5, 5.41) is 0. The van der Waals surface area contributed by atoms with Gasteiger partial charge in [0.05, 0.1) is 17.1 Å². The van der Waals surface area contributed by atoms with Crippen molar-refractivity contribution in [3.05, 3.63) is 59.7 Å². The number of anilines is 1. The molecule has 0 aromatic heterocycles. The zero-order chi connectivity index (χ0) is 23.0. The lowest BCUT2D eigenvalue weighted by Crippen LogP contribution is -2.46. The molecule has 1 aliphatic rings. The molecule has 2 aromatic carbocycles. The Morgan fingerprint density at radius 2 is 1.75 bits per heavy atom. The zero-order valence-corrected chi connectivity index (χ0v) is 19.7. The first-order valence-electron chi connectivity index (χ1n) is 11.2. The van der Waals surface area contributed by atoms with E-state index in [-0.39, 0.29) is 11.5 Å². The van der Waals surface area contributed by atoms with Gasteiger partial charge in [0, 0.05) is 38.4 Å². The second-order valence-corrected chi connectivity index (χ2v) is 9.78. The molecule has 0 bridgehead atoms. The second kappa shape index (κ2) is 11.4. The number of nitrogens with one attached hydrogen (secondary N) is 1. The number of benzene rings is 2. The van der Waals surface area contributed by atoms with Crippen LogP contribution < -0.4 is 9.62 Å². The van der Waals surface area contributed by atoms with Crippen molar-refractivity contribution in [3.8, 4) is 0 Å². The van der Waals surface area contributed by atoms with Crippen LogP contribution in [0.5, 0.6) is 0 Å². The quantitative estimate of drug-likeness (QED) is 0.435. The van der Waals surface area contributed by atoms with Gasteiger partial charge in [-0.05, 0) is 75.2 Å². The van der Waals surface area contributed by atoms with E-state index in [1.165, 1.54) is 35.5 Å². The normalized spacial score (nSPS) is 15.0. The first-order valence-corrected chi connectivity index (χ1v) is 12.7. The van der Waals surface area contributed by atoms with Crippen LogP contribution >= 0.6 is 0 Å². The number of ether oxygens (including phenoxy) is 1. The molecule has 2 aromatic rings. The SMILES string of the molecule is CCOC(=O)c1ccc(S(=O)(=O)NCCCCN2CCN(c3cccc(C)c3)CC2)cc1. The lowest BCUT2D eigenvalue weighted by molar-refractivity contribution is 0.0526. The highest BCUT2D eigenvalue weighted by atomic mass is 32.2. The molecule has 174 valence electrons. The highest BCUT2D eigenvalue weighted by Crippen LogP contribution is 2.18. The third-order valence-electron chi connectivity index (χ3n) is 5.61. The third-order valence-corrected chi connectivity index (χ3v) is 7.08. The van der Waals surface area contributed by atoms with Crippen LogP contribution in [0.4, 0.5) is 5.69 Å². The number of hydrogen-bond acceptors (Lipinski definition) is 6. The zero-order valence-electron chi connectivity index (χ0n) is 18.9. The molecule has 1 fully saturated rings. The summed E-state index contributed by atoms with van der Waals surface area (Å²) in [6.07, 6.45) is 1.72. The van der Waals surface area contributed by atoms with Gasteiger partial charge in [0.1, 0.15) is 0 Å². The molecule has 0 saturated carbocycles. The molecule has 0 aliphatic carbocycles. The molecule has 1 heterocycles. The average Bonchev–Trinajstić information content (AvgIpc) is 2.79. The Morgan fingerprint density at radius 1 is 1.03 bits per heavy atom. The molecule has 0 amide bonds. The molecule has 3 rings (SSSR count). The Balaban J connectivity index is 1.36. The summed E-state index contributed by atoms with van der Waals surface area (Å²) in [6.45, 7) is 9.55. The van der Waals surface area contributed by atoms with Crippen LogP contribution in [0.2, 0.25) is 0 Å². The van der Waals surface area contributed by atoms with Crippen molar-refractivity contribution in [2.75, 3.05) is 50.8 Å². The van der Waals surface area contributed by atoms with Crippen LogP contribution in [0.1, 0.15) is 35.7 Å². The van der Waals surface area contributed by atoms with Crippen molar-refractivity contribution >= 4 is 21.7 Å². The number of esters is 1. The summed E-state index contributed by atoms with van der Waals surface area (Å²) < 4.78 is 32.5. The van der Waals surface area contributed by atoms with Gasteiger partial charge in [0.25, 0.3) is 0 Å². The molecule has 1 N–H and O–H groups in total. The number of piperazine rings is 1.